The van der Waals surface area contributed by atoms with Crippen LogP contribution in [0.5, 0.6) is 0 Å². The fraction of sp³-hybridized carbons (Fsp3) is 0.100. The van der Waals surface area contributed by atoms with Crippen molar-refractivity contribution in [2.45, 2.75) is 0 Å². The van der Waals surface area contributed by atoms with Gasteiger partial charge in [-0.05, 0) is 18.2 Å². The molecular formula is C10H7Cl3O2. The number of hydrogen-bond acceptors (Lipinski definition) is 2. The molecule has 2 nitrogen and oxygen atoms in total. The van der Waals surface area contributed by atoms with Crippen LogP contribution in [-0.4, -0.2) is 13.1 Å². The second-order valence-corrected chi connectivity index (χ2v) is 3.81. The van der Waals surface area contributed by atoms with Crippen molar-refractivity contribution < 1.29 is 9.53 Å². The van der Waals surface area contributed by atoms with Crippen LogP contribution < -0.4 is 0 Å². The minimum Gasteiger partial charge on any atom is -0.466 e. The highest BCUT2D eigenvalue weighted by Crippen LogP contribution is 2.32. The number of benzene rings is 1. The highest BCUT2D eigenvalue weighted by atomic mass is 35.5. The molecule has 0 N–H and O–H groups in total. The van der Waals surface area contributed by atoms with E-state index in [0.29, 0.717) is 20.6 Å². The van der Waals surface area contributed by atoms with E-state index in [9.17, 15) is 4.79 Å². The molecule has 0 unspecified atom stereocenters. The number of hydrogen-bond donors (Lipinski definition) is 0. The third kappa shape index (κ3) is 3.13. The number of methoxy groups -OCH3 is 1. The van der Waals surface area contributed by atoms with Crippen LogP contribution >= 0.6 is 34.8 Å². The molecule has 5 heteroatoms. The topological polar surface area (TPSA) is 26.3 Å². The summed E-state index contributed by atoms with van der Waals surface area (Å²) in [6.07, 6.45) is 2.69. The maximum atomic E-state index is 10.9. The van der Waals surface area contributed by atoms with E-state index in [1.54, 1.807) is 12.1 Å². The molecule has 0 aliphatic carbocycles. The van der Waals surface area contributed by atoms with Crippen molar-refractivity contribution in [1.82, 2.24) is 0 Å². The fourth-order valence-electron chi connectivity index (χ4n) is 0.915. The van der Waals surface area contributed by atoms with Crippen LogP contribution in [-0.2, 0) is 9.53 Å². The lowest BCUT2D eigenvalue weighted by Crippen LogP contribution is -1.93. The van der Waals surface area contributed by atoms with Gasteiger partial charge in [0.25, 0.3) is 0 Å². The molecule has 80 valence electrons. The van der Waals surface area contributed by atoms with Gasteiger partial charge in [-0.3, -0.25) is 0 Å². The Morgan fingerprint density at radius 3 is 2.47 bits per heavy atom. The third-order valence-electron chi connectivity index (χ3n) is 1.67. The highest BCUT2D eigenvalue weighted by molar-refractivity contribution is 6.44. The summed E-state index contributed by atoms with van der Waals surface area (Å²) in [5.74, 6) is -0.484. The van der Waals surface area contributed by atoms with Crippen LogP contribution in [0.4, 0.5) is 0 Å². The SMILES string of the molecule is COC(=O)C=Cc1c(Cl)ccc(Cl)c1Cl. The van der Waals surface area contributed by atoms with Gasteiger partial charge in [-0.1, -0.05) is 34.8 Å². The van der Waals surface area contributed by atoms with E-state index in [4.69, 9.17) is 34.8 Å². The average molecular weight is 266 g/mol. The van der Waals surface area contributed by atoms with Crippen molar-refractivity contribution in [3.05, 3.63) is 38.8 Å². The predicted molar refractivity (Wildman–Crippen MR) is 62.5 cm³/mol. The first-order valence-corrected chi connectivity index (χ1v) is 5.09. The Bertz CT molecular complexity index is 413. The van der Waals surface area contributed by atoms with Crippen LogP contribution in [0.15, 0.2) is 18.2 Å². The third-order valence-corrected chi connectivity index (χ3v) is 2.82. The van der Waals surface area contributed by atoms with Gasteiger partial charge in [0.15, 0.2) is 0 Å². The van der Waals surface area contributed by atoms with Gasteiger partial charge in [-0.15, -0.1) is 0 Å². The minimum atomic E-state index is -0.484. The molecule has 0 aliphatic heterocycles. The molecule has 0 bridgehead atoms. The molecule has 0 atom stereocenters. The molecule has 0 aromatic heterocycles. The fourth-order valence-corrected chi connectivity index (χ4v) is 1.58. The maximum Gasteiger partial charge on any atom is 0.330 e. The molecule has 0 saturated heterocycles. The summed E-state index contributed by atoms with van der Waals surface area (Å²) in [4.78, 5) is 10.9. The molecule has 0 amide bonds. The summed E-state index contributed by atoms with van der Waals surface area (Å²) in [6, 6.07) is 3.19. The first kappa shape index (κ1) is 12.4. The van der Waals surface area contributed by atoms with Crippen molar-refractivity contribution in [2.75, 3.05) is 7.11 Å². The van der Waals surface area contributed by atoms with Crippen LogP contribution in [0.3, 0.4) is 0 Å². The molecule has 0 fully saturated rings. The van der Waals surface area contributed by atoms with Gasteiger partial charge in [0, 0.05) is 16.7 Å². The van der Waals surface area contributed by atoms with E-state index < -0.39 is 5.97 Å². The average Bonchev–Trinajstić information content (AvgIpc) is 2.23. The van der Waals surface area contributed by atoms with Crippen molar-refractivity contribution in [3.63, 3.8) is 0 Å². The van der Waals surface area contributed by atoms with Gasteiger partial charge >= 0.3 is 5.97 Å². The Kier molecular flexibility index (Phi) is 4.45. The van der Waals surface area contributed by atoms with Crippen molar-refractivity contribution in [3.8, 4) is 0 Å². The standard InChI is InChI=1S/C10H7Cl3O2/c1-15-9(14)5-2-6-7(11)3-4-8(12)10(6)13/h2-5H,1H3. The maximum absolute atomic E-state index is 10.9. The van der Waals surface area contributed by atoms with E-state index in [0.717, 1.165) is 0 Å². The van der Waals surface area contributed by atoms with E-state index in [2.05, 4.69) is 4.74 Å². The van der Waals surface area contributed by atoms with Crippen LogP contribution in [0.25, 0.3) is 6.08 Å². The van der Waals surface area contributed by atoms with E-state index in [1.807, 2.05) is 0 Å². The molecule has 1 aromatic rings. The largest absolute Gasteiger partial charge is 0.466 e. The van der Waals surface area contributed by atoms with Gasteiger partial charge in [0.05, 0.1) is 17.2 Å². The second-order valence-electron chi connectivity index (χ2n) is 2.61. The molecule has 0 saturated carbocycles. The van der Waals surface area contributed by atoms with Crippen LogP contribution in [0, 0.1) is 0 Å². The molecule has 0 aliphatic rings. The number of carbonyl (C=O) groups is 1. The number of rotatable bonds is 2. The van der Waals surface area contributed by atoms with Crippen molar-refractivity contribution in [2.24, 2.45) is 0 Å². The highest BCUT2D eigenvalue weighted by Gasteiger charge is 2.07. The normalized spacial score (nSPS) is 10.7. The van der Waals surface area contributed by atoms with Gasteiger partial charge in [-0.2, -0.15) is 0 Å². The Morgan fingerprint density at radius 1 is 1.27 bits per heavy atom. The quantitative estimate of drug-likeness (QED) is 0.461. The monoisotopic (exact) mass is 264 g/mol. The Labute approximate surface area is 102 Å². The van der Waals surface area contributed by atoms with Crippen molar-refractivity contribution >= 4 is 46.8 Å². The number of ether oxygens (including phenoxy) is 1. The smallest absolute Gasteiger partial charge is 0.330 e. The lowest BCUT2D eigenvalue weighted by Gasteiger charge is -2.03. The van der Waals surface area contributed by atoms with Gasteiger partial charge in [0.1, 0.15) is 0 Å². The number of carbonyl (C=O) groups excluding carboxylic acids is 1. The van der Waals surface area contributed by atoms with Gasteiger partial charge < -0.3 is 4.74 Å². The molecule has 1 rings (SSSR count). The van der Waals surface area contributed by atoms with Gasteiger partial charge in [0.2, 0.25) is 0 Å². The van der Waals surface area contributed by atoms with E-state index in [1.165, 1.54) is 19.3 Å². The van der Waals surface area contributed by atoms with Crippen LogP contribution in [0.1, 0.15) is 5.56 Å². The molecule has 15 heavy (non-hydrogen) atoms. The minimum absolute atomic E-state index is 0.310. The zero-order valence-corrected chi connectivity index (χ0v) is 10.0. The summed E-state index contributed by atoms with van der Waals surface area (Å²) in [5, 5.41) is 1.11. The Balaban J connectivity index is 3.09. The first-order chi connectivity index (χ1) is 7.06. The number of halogens is 3. The first-order valence-electron chi connectivity index (χ1n) is 3.95. The second kappa shape index (κ2) is 5.40. The van der Waals surface area contributed by atoms with E-state index in [-0.39, 0.29) is 0 Å². The summed E-state index contributed by atoms with van der Waals surface area (Å²) < 4.78 is 4.44. The molecule has 0 heterocycles. The molecule has 1 aromatic carbocycles. The van der Waals surface area contributed by atoms with Gasteiger partial charge in [-0.25, -0.2) is 4.79 Å². The van der Waals surface area contributed by atoms with Crippen LogP contribution in [0.2, 0.25) is 15.1 Å². The summed E-state index contributed by atoms with van der Waals surface area (Å²) in [6.45, 7) is 0. The summed E-state index contributed by atoms with van der Waals surface area (Å²) in [5.41, 5.74) is 0.497. The Morgan fingerprint density at radius 2 is 1.87 bits per heavy atom. The summed E-state index contributed by atoms with van der Waals surface area (Å²) >= 11 is 17.6. The summed E-state index contributed by atoms with van der Waals surface area (Å²) in [7, 11) is 1.29. The molecule has 0 spiro atoms. The zero-order valence-electron chi connectivity index (χ0n) is 7.76. The molecular weight excluding hydrogens is 258 g/mol. The lowest BCUT2D eigenvalue weighted by atomic mass is 10.2. The number of esters is 1. The Hall–Kier alpha value is -0.700. The van der Waals surface area contributed by atoms with E-state index >= 15 is 0 Å². The lowest BCUT2D eigenvalue weighted by molar-refractivity contribution is -0.134. The molecule has 0 radical (unpaired) electrons. The van der Waals surface area contributed by atoms with Crippen molar-refractivity contribution in [1.29, 1.82) is 0 Å². The predicted octanol–water partition coefficient (Wildman–Crippen LogP) is 3.83. The zero-order chi connectivity index (χ0) is 11.4.